The highest BCUT2D eigenvalue weighted by Gasteiger charge is 2.61. The van der Waals surface area contributed by atoms with Crippen LogP contribution in [-0.4, -0.2) is 52.3 Å². The molecule has 40 heavy (non-hydrogen) atoms. The van der Waals surface area contributed by atoms with Gasteiger partial charge >= 0.3 is 6.09 Å². The van der Waals surface area contributed by atoms with Gasteiger partial charge in [0, 0.05) is 17.4 Å². The van der Waals surface area contributed by atoms with Crippen LogP contribution < -0.4 is 11.1 Å². The number of nitrogens with one attached hydrogen (secondary N) is 1. The average Bonchev–Trinajstić information content (AvgIpc) is 3.66. The maximum absolute atomic E-state index is 13.4. The zero-order chi connectivity index (χ0) is 29.1. The molecular formula is C31H38N4O4S. The highest BCUT2D eigenvalue weighted by molar-refractivity contribution is 7.99. The van der Waals surface area contributed by atoms with Crippen LogP contribution >= 0.6 is 11.8 Å². The maximum atomic E-state index is 13.4. The lowest BCUT2D eigenvalue weighted by Gasteiger charge is -2.36. The average molecular weight is 563 g/mol. The second-order valence-electron chi connectivity index (χ2n) is 11.6. The van der Waals surface area contributed by atoms with Crippen LogP contribution in [0.1, 0.15) is 76.8 Å². The quantitative estimate of drug-likeness (QED) is 0.418. The Kier molecular flexibility index (Phi) is 8.79. The number of nitriles is 1. The maximum Gasteiger partial charge on any atom is 0.410 e. The molecule has 1 aliphatic carbocycles. The summed E-state index contributed by atoms with van der Waals surface area (Å²) in [6.45, 7) is 7.90. The van der Waals surface area contributed by atoms with Crippen LogP contribution in [0.2, 0.25) is 0 Å². The molecule has 2 aromatic rings. The Morgan fingerprint density at radius 3 is 2.48 bits per heavy atom. The fourth-order valence-electron chi connectivity index (χ4n) is 5.23. The molecule has 0 bridgehead atoms. The Morgan fingerprint density at radius 1 is 1.15 bits per heavy atom. The van der Waals surface area contributed by atoms with Crippen molar-refractivity contribution < 1.29 is 19.1 Å². The second-order valence-corrected chi connectivity index (χ2v) is 12.7. The zero-order valence-electron chi connectivity index (χ0n) is 23.7. The second kappa shape index (κ2) is 11.9. The number of primary amides is 1. The summed E-state index contributed by atoms with van der Waals surface area (Å²) in [5, 5.41) is 12.5. The Morgan fingerprint density at radius 2 is 1.85 bits per heavy atom. The van der Waals surface area contributed by atoms with E-state index < -0.39 is 29.2 Å². The van der Waals surface area contributed by atoms with Gasteiger partial charge in [0.25, 0.3) is 0 Å². The van der Waals surface area contributed by atoms with Crippen molar-refractivity contribution in [1.82, 2.24) is 10.2 Å². The molecule has 0 radical (unpaired) electrons. The normalized spacial score (nSPS) is 22.2. The van der Waals surface area contributed by atoms with Crippen LogP contribution in [0.15, 0.2) is 47.4 Å². The fraction of sp³-hybridized carbons (Fsp3) is 0.484. The summed E-state index contributed by atoms with van der Waals surface area (Å²) in [5.41, 5.74) is 7.40. The van der Waals surface area contributed by atoms with Gasteiger partial charge in [-0.05, 0) is 87.5 Å². The van der Waals surface area contributed by atoms with Gasteiger partial charge in [-0.3, -0.25) is 14.5 Å². The van der Waals surface area contributed by atoms with E-state index in [-0.39, 0.29) is 11.8 Å². The summed E-state index contributed by atoms with van der Waals surface area (Å²) in [6.07, 6.45) is 3.00. The third kappa shape index (κ3) is 6.44. The van der Waals surface area contributed by atoms with Crippen molar-refractivity contribution in [1.29, 1.82) is 5.26 Å². The topological polar surface area (TPSA) is 126 Å². The summed E-state index contributed by atoms with van der Waals surface area (Å²) in [5.74, 6) is -0.270. The summed E-state index contributed by atoms with van der Waals surface area (Å²) in [6, 6.07) is 15.3. The number of benzene rings is 2. The largest absolute Gasteiger partial charge is 0.444 e. The number of hydrogen-bond acceptors (Lipinski definition) is 6. The van der Waals surface area contributed by atoms with E-state index in [1.165, 1.54) is 4.90 Å². The zero-order valence-corrected chi connectivity index (χ0v) is 24.5. The number of nitrogens with two attached hydrogens (primary N) is 1. The van der Waals surface area contributed by atoms with E-state index in [1.807, 2.05) is 42.5 Å². The molecule has 3 atom stereocenters. The number of hydrogen-bond donors (Lipinski definition) is 2. The summed E-state index contributed by atoms with van der Waals surface area (Å²) >= 11 is 1.68. The molecular weight excluding hydrogens is 524 g/mol. The van der Waals surface area contributed by atoms with Gasteiger partial charge in [0.1, 0.15) is 23.3 Å². The SMILES string of the molecule is CCCSc1ccc(-c2ccc([C@@H]3CC3(NC(=O)[C@@H]3CCCCN3C(=O)OC(C)(C)C)C(N)=O)cc2)cc1C#N. The van der Waals surface area contributed by atoms with E-state index in [0.717, 1.165) is 46.6 Å². The monoisotopic (exact) mass is 562 g/mol. The molecule has 8 nitrogen and oxygen atoms in total. The number of piperidine rings is 1. The Labute approximate surface area is 240 Å². The van der Waals surface area contributed by atoms with Crippen LogP contribution in [0.4, 0.5) is 4.79 Å². The third-order valence-corrected chi connectivity index (χ3v) is 8.67. The van der Waals surface area contributed by atoms with Gasteiger partial charge in [0.2, 0.25) is 11.8 Å². The highest BCUT2D eigenvalue weighted by Crippen LogP contribution is 2.51. The minimum atomic E-state index is -1.19. The molecule has 3 N–H and O–H groups in total. The van der Waals surface area contributed by atoms with Crippen LogP contribution in [0, 0.1) is 11.3 Å². The molecule has 0 spiro atoms. The molecule has 1 aliphatic heterocycles. The van der Waals surface area contributed by atoms with Gasteiger partial charge in [0.05, 0.1) is 5.56 Å². The first kappa shape index (κ1) is 29.5. The molecule has 4 rings (SSSR count). The lowest BCUT2D eigenvalue weighted by molar-refractivity contribution is -0.132. The van der Waals surface area contributed by atoms with Gasteiger partial charge in [-0.15, -0.1) is 11.8 Å². The number of rotatable bonds is 8. The number of nitrogens with zero attached hydrogens (tertiary/aromatic N) is 2. The third-order valence-electron chi connectivity index (χ3n) is 7.39. The van der Waals surface area contributed by atoms with E-state index >= 15 is 0 Å². The summed E-state index contributed by atoms with van der Waals surface area (Å²) in [7, 11) is 0. The molecule has 1 unspecified atom stereocenters. The standard InChI is InChI=1S/C31H38N4O4S/c1-5-16-40-26-14-13-22(17-23(26)19-32)20-9-11-21(12-10-20)24-18-31(24,28(33)37)34-27(36)25-8-6-7-15-35(25)29(38)39-30(2,3)4/h9-14,17,24-25H,5-8,15-16,18H2,1-4H3,(H2,33,37)(H,34,36)/t24-,25-,31?/m0/s1. The molecule has 2 aliphatic rings. The van der Waals surface area contributed by atoms with Crippen molar-refractivity contribution in [3.63, 3.8) is 0 Å². The van der Waals surface area contributed by atoms with Gasteiger partial charge in [-0.1, -0.05) is 37.3 Å². The van der Waals surface area contributed by atoms with E-state index in [0.29, 0.717) is 24.9 Å². The first-order chi connectivity index (χ1) is 19.0. The van der Waals surface area contributed by atoms with E-state index in [4.69, 9.17) is 10.5 Å². The van der Waals surface area contributed by atoms with E-state index in [2.05, 4.69) is 18.3 Å². The van der Waals surface area contributed by atoms with Crippen LogP contribution in [0.25, 0.3) is 11.1 Å². The molecule has 1 heterocycles. The van der Waals surface area contributed by atoms with Gasteiger partial charge in [-0.25, -0.2) is 4.79 Å². The van der Waals surface area contributed by atoms with Crippen LogP contribution in [-0.2, 0) is 14.3 Å². The van der Waals surface area contributed by atoms with Crippen molar-refractivity contribution in [2.75, 3.05) is 12.3 Å². The van der Waals surface area contributed by atoms with E-state index in [1.54, 1.807) is 32.5 Å². The Bertz CT molecular complexity index is 1310. The number of ether oxygens (including phenoxy) is 1. The van der Waals surface area contributed by atoms with Gasteiger partial charge < -0.3 is 15.8 Å². The van der Waals surface area contributed by atoms with Crippen molar-refractivity contribution in [2.45, 2.75) is 87.8 Å². The number of amides is 3. The molecule has 1 saturated carbocycles. The van der Waals surface area contributed by atoms with Crippen molar-refractivity contribution in [3.8, 4) is 17.2 Å². The highest BCUT2D eigenvalue weighted by atomic mass is 32.2. The lowest BCUT2D eigenvalue weighted by Crippen LogP contribution is -2.57. The number of thioether (sulfide) groups is 1. The first-order valence-corrected chi connectivity index (χ1v) is 14.9. The number of carbonyl (C=O) groups is 3. The Hall–Kier alpha value is -3.51. The molecule has 9 heteroatoms. The first-order valence-electron chi connectivity index (χ1n) is 13.9. The molecule has 212 valence electrons. The fourth-order valence-corrected chi connectivity index (χ4v) is 6.07. The minimum Gasteiger partial charge on any atom is -0.444 e. The van der Waals surface area contributed by atoms with Gasteiger partial charge in [0.15, 0.2) is 0 Å². The lowest BCUT2D eigenvalue weighted by atomic mass is 9.98. The van der Waals surface area contributed by atoms with Crippen molar-refractivity contribution in [2.24, 2.45) is 5.73 Å². The van der Waals surface area contributed by atoms with Crippen LogP contribution in [0.5, 0.6) is 0 Å². The molecule has 1 saturated heterocycles. The number of likely N-dealkylation sites (tertiary alicyclic amines) is 1. The van der Waals surface area contributed by atoms with Gasteiger partial charge in [-0.2, -0.15) is 5.26 Å². The molecule has 3 amide bonds. The number of carbonyl (C=O) groups excluding carboxylic acids is 3. The summed E-state index contributed by atoms with van der Waals surface area (Å²) < 4.78 is 5.52. The van der Waals surface area contributed by atoms with E-state index in [9.17, 15) is 19.6 Å². The summed E-state index contributed by atoms with van der Waals surface area (Å²) in [4.78, 5) is 41.3. The molecule has 0 aromatic heterocycles. The van der Waals surface area contributed by atoms with Crippen LogP contribution in [0.3, 0.4) is 0 Å². The smallest absolute Gasteiger partial charge is 0.410 e. The predicted octanol–water partition coefficient (Wildman–Crippen LogP) is 5.34. The Balaban J connectivity index is 1.48. The van der Waals surface area contributed by atoms with Crippen molar-refractivity contribution >= 4 is 29.7 Å². The predicted molar refractivity (Wildman–Crippen MR) is 156 cm³/mol. The molecule has 2 fully saturated rings. The van der Waals surface area contributed by atoms with Crippen molar-refractivity contribution in [3.05, 3.63) is 53.6 Å². The minimum absolute atomic E-state index is 0.260. The molecule has 2 aromatic carbocycles.